The summed E-state index contributed by atoms with van der Waals surface area (Å²) in [6.07, 6.45) is 0. The van der Waals surface area contributed by atoms with Crippen LogP contribution in [-0.4, -0.2) is 56.6 Å². The van der Waals surface area contributed by atoms with Crippen LogP contribution in [0.3, 0.4) is 0 Å². The molecule has 0 radical (unpaired) electrons. The topological polar surface area (TPSA) is 72.3 Å². The van der Waals surface area contributed by atoms with Gasteiger partial charge in [0.05, 0.1) is 7.05 Å². The van der Waals surface area contributed by atoms with Crippen LogP contribution in [0.15, 0.2) is 42.5 Å². The van der Waals surface area contributed by atoms with Crippen LogP contribution in [0.5, 0.6) is 11.5 Å². The average Bonchev–Trinajstić information content (AvgIpc) is 2.73. The predicted molar refractivity (Wildman–Crippen MR) is 115 cm³/mol. The Morgan fingerprint density at radius 2 is 1.73 bits per heavy atom. The summed E-state index contributed by atoms with van der Waals surface area (Å²) in [7, 11) is 1.85. The molecule has 1 unspecified atom stereocenters. The quantitative estimate of drug-likeness (QED) is 0.685. The van der Waals surface area contributed by atoms with Gasteiger partial charge >= 0.3 is 0 Å². The Balaban J connectivity index is 1.51. The zero-order valence-electron chi connectivity index (χ0n) is 17.9. The maximum atomic E-state index is 12.8. The number of carbonyl (C=O) groups excluding carboxylic acids is 2. The molecular formula is C23H30N3O4+. The molecule has 160 valence electrons. The van der Waals surface area contributed by atoms with Gasteiger partial charge in [-0.3, -0.25) is 9.59 Å². The molecule has 1 heterocycles. The molecule has 0 aliphatic carbocycles. The highest BCUT2D eigenvalue weighted by molar-refractivity contribution is 5.91. The minimum atomic E-state index is -0.112. The molecule has 30 heavy (non-hydrogen) atoms. The van der Waals surface area contributed by atoms with E-state index < -0.39 is 0 Å². The van der Waals surface area contributed by atoms with Crippen LogP contribution in [-0.2, 0) is 16.1 Å². The van der Waals surface area contributed by atoms with Gasteiger partial charge in [-0.05, 0) is 43.7 Å². The Kier molecular flexibility index (Phi) is 7.30. The minimum absolute atomic E-state index is 0.00743. The highest BCUT2D eigenvalue weighted by Gasteiger charge is 2.20. The molecule has 2 aromatic rings. The number of likely N-dealkylation sites (N-methyl/N-ethyl adjacent to an activating group) is 2. The number of quaternary nitrogens is 1. The summed E-state index contributed by atoms with van der Waals surface area (Å²) >= 11 is 0. The number of rotatable bonds is 8. The smallest absolute Gasteiger partial charge is 0.279 e. The highest BCUT2D eigenvalue weighted by atomic mass is 16.6. The van der Waals surface area contributed by atoms with Crippen molar-refractivity contribution in [3.8, 4) is 11.5 Å². The molecule has 1 aliphatic heterocycles. The number of fused-ring (bicyclic) bond motifs is 1. The fourth-order valence-corrected chi connectivity index (χ4v) is 3.33. The summed E-state index contributed by atoms with van der Waals surface area (Å²) in [6, 6.07) is 13.4. The Labute approximate surface area is 177 Å². The Morgan fingerprint density at radius 1 is 1.03 bits per heavy atom. The van der Waals surface area contributed by atoms with Gasteiger partial charge in [-0.15, -0.1) is 0 Å². The van der Waals surface area contributed by atoms with E-state index in [4.69, 9.17) is 9.47 Å². The van der Waals surface area contributed by atoms with Gasteiger partial charge < -0.3 is 24.6 Å². The summed E-state index contributed by atoms with van der Waals surface area (Å²) in [4.78, 5) is 27.7. The van der Waals surface area contributed by atoms with Crippen molar-refractivity contribution in [2.45, 2.75) is 20.4 Å². The molecule has 7 nitrogen and oxygen atoms in total. The molecule has 1 atom stereocenters. The van der Waals surface area contributed by atoms with Gasteiger partial charge in [-0.25, -0.2) is 0 Å². The van der Waals surface area contributed by atoms with E-state index in [9.17, 15) is 9.59 Å². The van der Waals surface area contributed by atoms with Crippen molar-refractivity contribution in [1.82, 2.24) is 4.90 Å². The predicted octanol–water partition coefficient (Wildman–Crippen LogP) is 1.27. The van der Waals surface area contributed by atoms with Crippen LogP contribution < -0.4 is 19.7 Å². The molecule has 0 fully saturated rings. The van der Waals surface area contributed by atoms with E-state index >= 15 is 0 Å². The Bertz CT molecular complexity index is 883. The number of hydrogen-bond donors (Lipinski definition) is 2. The van der Waals surface area contributed by atoms with Gasteiger partial charge in [-0.2, -0.15) is 0 Å². The van der Waals surface area contributed by atoms with Gasteiger partial charge in [0.1, 0.15) is 13.2 Å². The third kappa shape index (κ3) is 5.97. The maximum absolute atomic E-state index is 12.8. The maximum Gasteiger partial charge on any atom is 0.279 e. The summed E-state index contributed by atoms with van der Waals surface area (Å²) in [5.41, 5.74) is 2.89. The molecular weight excluding hydrogens is 382 g/mol. The van der Waals surface area contributed by atoms with Crippen LogP contribution in [0.4, 0.5) is 5.69 Å². The van der Waals surface area contributed by atoms with Crippen molar-refractivity contribution in [2.75, 3.05) is 45.2 Å². The number of carbonyl (C=O) groups is 2. The van der Waals surface area contributed by atoms with Crippen molar-refractivity contribution in [2.24, 2.45) is 0 Å². The largest absolute Gasteiger partial charge is 0.486 e. The second kappa shape index (κ2) is 10.1. The van der Waals surface area contributed by atoms with Crippen LogP contribution in [0.2, 0.25) is 0 Å². The fraction of sp³-hybridized carbons (Fsp3) is 0.391. The first kappa shape index (κ1) is 21.6. The van der Waals surface area contributed by atoms with Crippen molar-refractivity contribution >= 4 is 17.5 Å². The molecule has 1 aliphatic rings. The second-order valence-corrected chi connectivity index (χ2v) is 7.61. The normalized spacial score (nSPS) is 13.4. The van der Waals surface area contributed by atoms with E-state index in [2.05, 4.69) is 5.32 Å². The zero-order valence-corrected chi connectivity index (χ0v) is 17.9. The van der Waals surface area contributed by atoms with Gasteiger partial charge in [-0.1, -0.05) is 23.8 Å². The number of amides is 2. The van der Waals surface area contributed by atoms with E-state index in [1.807, 2.05) is 63.4 Å². The molecule has 2 amide bonds. The number of nitrogens with zero attached hydrogens (tertiary/aromatic N) is 1. The Morgan fingerprint density at radius 3 is 2.43 bits per heavy atom. The van der Waals surface area contributed by atoms with Gasteiger partial charge in [0.15, 0.2) is 24.6 Å². The molecule has 0 saturated heterocycles. The number of hydrogen-bond acceptors (Lipinski definition) is 4. The van der Waals surface area contributed by atoms with E-state index in [0.717, 1.165) is 33.2 Å². The number of anilines is 1. The lowest BCUT2D eigenvalue weighted by Crippen LogP contribution is -3.11. The molecule has 2 aromatic carbocycles. The number of aryl methyl sites for hydroxylation is 1. The van der Waals surface area contributed by atoms with E-state index in [1.54, 1.807) is 4.90 Å². The third-order valence-electron chi connectivity index (χ3n) is 4.97. The van der Waals surface area contributed by atoms with Crippen LogP contribution >= 0.6 is 0 Å². The average molecular weight is 413 g/mol. The van der Waals surface area contributed by atoms with Crippen LogP contribution in [0.25, 0.3) is 0 Å². The van der Waals surface area contributed by atoms with E-state index in [1.165, 1.54) is 0 Å². The van der Waals surface area contributed by atoms with Crippen molar-refractivity contribution in [3.63, 3.8) is 0 Å². The minimum Gasteiger partial charge on any atom is -0.486 e. The summed E-state index contributed by atoms with van der Waals surface area (Å²) in [6.45, 7) is 6.60. The molecule has 0 saturated carbocycles. The monoisotopic (exact) mass is 412 g/mol. The van der Waals surface area contributed by atoms with E-state index in [0.29, 0.717) is 26.3 Å². The van der Waals surface area contributed by atoms with Crippen molar-refractivity contribution in [1.29, 1.82) is 0 Å². The lowest BCUT2D eigenvalue weighted by molar-refractivity contribution is -0.862. The first-order valence-electron chi connectivity index (χ1n) is 10.3. The Hall–Kier alpha value is -3.06. The van der Waals surface area contributed by atoms with Gasteiger partial charge in [0.25, 0.3) is 11.8 Å². The zero-order chi connectivity index (χ0) is 21.5. The van der Waals surface area contributed by atoms with Gasteiger partial charge in [0, 0.05) is 18.8 Å². The van der Waals surface area contributed by atoms with Crippen molar-refractivity contribution in [3.05, 3.63) is 53.6 Å². The van der Waals surface area contributed by atoms with E-state index in [-0.39, 0.29) is 24.9 Å². The molecule has 0 spiro atoms. The molecule has 2 N–H and O–H groups in total. The highest BCUT2D eigenvalue weighted by Crippen LogP contribution is 2.31. The number of benzene rings is 2. The molecule has 0 bridgehead atoms. The first-order valence-corrected chi connectivity index (χ1v) is 10.3. The third-order valence-corrected chi connectivity index (χ3v) is 4.97. The van der Waals surface area contributed by atoms with Gasteiger partial charge in [0.2, 0.25) is 0 Å². The SMILES string of the molecule is CCN(Cc1ccc2c(c1)OCCO2)C(=O)C[NH+](C)CC(=O)Nc1ccc(C)cc1. The number of nitrogens with one attached hydrogen (secondary N) is 2. The number of ether oxygens (including phenoxy) is 2. The van der Waals surface area contributed by atoms with Crippen molar-refractivity contribution < 1.29 is 24.0 Å². The summed E-state index contributed by atoms with van der Waals surface area (Å²) < 4.78 is 11.2. The standard InChI is InChI=1S/C23H29N3O4/c1-4-26(14-18-7-10-20-21(13-18)30-12-11-29-20)23(28)16-25(3)15-22(27)24-19-8-5-17(2)6-9-19/h5-10,13H,4,11-12,14-16H2,1-3H3,(H,24,27)/p+1. The second-order valence-electron chi connectivity index (χ2n) is 7.61. The molecule has 3 rings (SSSR count). The lowest BCUT2D eigenvalue weighted by atomic mass is 10.1. The first-order chi connectivity index (χ1) is 14.4. The fourth-order valence-electron chi connectivity index (χ4n) is 3.33. The molecule has 0 aromatic heterocycles. The summed E-state index contributed by atoms with van der Waals surface area (Å²) in [5, 5.41) is 2.87. The van der Waals surface area contributed by atoms with Crippen LogP contribution in [0.1, 0.15) is 18.1 Å². The molecule has 7 heteroatoms. The lowest BCUT2D eigenvalue weighted by Gasteiger charge is -2.24. The van der Waals surface area contributed by atoms with Crippen LogP contribution in [0, 0.1) is 6.92 Å². The summed E-state index contributed by atoms with van der Waals surface area (Å²) in [5.74, 6) is 1.35.